The number of nitrogens with one attached hydrogen (secondary N) is 1. The summed E-state index contributed by atoms with van der Waals surface area (Å²) in [5.74, 6) is 0.791. The van der Waals surface area contributed by atoms with Crippen LogP contribution < -0.4 is 11.0 Å². The number of fused-ring (bicyclic) bond motifs is 1. The van der Waals surface area contributed by atoms with Crippen LogP contribution in [0.2, 0.25) is 0 Å². The highest BCUT2D eigenvalue weighted by atomic mass is 32.1. The predicted octanol–water partition coefficient (Wildman–Crippen LogP) is 4.88. The van der Waals surface area contributed by atoms with Crippen LogP contribution in [0.4, 0.5) is 11.5 Å². The van der Waals surface area contributed by atoms with Crippen LogP contribution in [-0.2, 0) is 13.6 Å². The fourth-order valence-corrected chi connectivity index (χ4v) is 4.74. The van der Waals surface area contributed by atoms with E-state index in [9.17, 15) is 4.79 Å². The molecule has 0 spiro atoms. The zero-order valence-corrected chi connectivity index (χ0v) is 19.1. The van der Waals surface area contributed by atoms with Gasteiger partial charge in [0.2, 0.25) is 0 Å². The second-order valence-corrected chi connectivity index (χ2v) is 8.85. The Kier molecular flexibility index (Phi) is 5.38. The van der Waals surface area contributed by atoms with E-state index >= 15 is 0 Å². The Morgan fingerprint density at radius 1 is 1.12 bits per heavy atom. The van der Waals surface area contributed by atoms with Crippen molar-refractivity contribution in [1.82, 2.24) is 23.9 Å². The van der Waals surface area contributed by atoms with E-state index in [4.69, 9.17) is 17.3 Å². The van der Waals surface area contributed by atoms with Crippen LogP contribution in [0.15, 0.2) is 53.5 Å². The topological polar surface area (TPSA) is 69.7 Å². The van der Waals surface area contributed by atoms with Crippen molar-refractivity contribution in [2.24, 2.45) is 7.05 Å². The summed E-state index contributed by atoms with van der Waals surface area (Å²) in [4.78, 5) is 17.7. The first-order valence-corrected chi connectivity index (χ1v) is 11.4. The summed E-state index contributed by atoms with van der Waals surface area (Å²) >= 11 is 5.76. The van der Waals surface area contributed by atoms with Gasteiger partial charge in [0, 0.05) is 30.7 Å². The zero-order chi connectivity index (χ0) is 22.2. The van der Waals surface area contributed by atoms with Crippen LogP contribution in [-0.4, -0.2) is 23.9 Å². The molecule has 164 valence electrons. The Hall–Kier alpha value is -3.26. The van der Waals surface area contributed by atoms with Gasteiger partial charge in [-0.2, -0.15) is 5.10 Å². The molecule has 3 aromatic heterocycles. The fraction of sp³-hybridized carbons (Fsp3) is 0.333. The number of benzene rings is 1. The average molecular weight is 447 g/mol. The summed E-state index contributed by atoms with van der Waals surface area (Å²) < 4.78 is 5.83. The quantitative estimate of drug-likeness (QED) is 0.443. The standard InChI is InChI=1S/C24H26N6OS/c1-16-12-13-17(14-25-16)15-29-21(26-18-8-4-3-5-9-18)20-22(27-29)30(19-10-6-7-11-19)24(31)28(2)23(20)32/h3-5,8-9,12-14,19,26H,6-7,10-11,15H2,1-2H3. The molecule has 0 radical (unpaired) electrons. The normalized spacial score (nSPS) is 14.3. The van der Waals surface area contributed by atoms with Gasteiger partial charge < -0.3 is 5.32 Å². The highest BCUT2D eigenvalue weighted by Gasteiger charge is 2.26. The molecule has 0 bridgehead atoms. The maximum absolute atomic E-state index is 13.2. The van der Waals surface area contributed by atoms with E-state index in [2.05, 4.69) is 16.4 Å². The molecule has 1 saturated carbocycles. The third-order valence-electron chi connectivity index (χ3n) is 6.20. The number of hydrogen-bond donors (Lipinski definition) is 1. The minimum atomic E-state index is -0.0951. The number of aromatic nitrogens is 5. The molecule has 3 heterocycles. The van der Waals surface area contributed by atoms with Crippen molar-refractivity contribution in [3.05, 3.63) is 75.0 Å². The molecule has 0 amide bonds. The average Bonchev–Trinajstić information content (AvgIpc) is 3.44. The molecular weight excluding hydrogens is 420 g/mol. The van der Waals surface area contributed by atoms with Gasteiger partial charge in [-0.05, 0) is 43.5 Å². The monoisotopic (exact) mass is 446 g/mol. The number of nitrogens with zero attached hydrogens (tertiary/aromatic N) is 5. The van der Waals surface area contributed by atoms with Gasteiger partial charge in [-0.1, -0.05) is 49.3 Å². The number of pyridine rings is 1. The van der Waals surface area contributed by atoms with Gasteiger partial charge in [-0.25, -0.2) is 9.48 Å². The first-order valence-electron chi connectivity index (χ1n) is 11.0. The van der Waals surface area contributed by atoms with Crippen LogP contribution in [0.1, 0.15) is 43.0 Å². The molecule has 7 nitrogen and oxygen atoms in total. The SMILES string of the molecule is Cc1ccc(Cn2nc3c(c2Nc2ccccc2)c(=S)n(C)c(=O)n3C2CCCC2)cn1. The van der Waals surface area contributed by atoms with Crippen LogP contribution in [0.5, 0.6) is 0 Å². The van der Waals surface area contributed by atoms with Crippen molar-refractivity contribution in [1.29, 1.82) is 0 Å². The van der Waals surface area contributed by atoms with Gasteiger partial charge in [-0.15, -0.1) is 0 Å². The lowest BCUT2D eigenvalue weighted by molar-refractivity contribution is 0.488. The molecule has 0 unspecified atom stereocenters. The molecule has 1 aliphatic rings. The van der Waals surface area contributed by atoms with Crippen LogP contribution in [0.25, 0.3) is 11.0 Å². The van der Waals surface area contributed by atoms with E-state index in [0.29, 0.717) is 16.8 Å². The third kappa shape index (κ3) is 3.64. The Balaban J connectivity index is 1.75. The first-order chi connectivity index (χ1) is 15.5. The smallest absolute Gasteiger partial charge is 0.330 e. The van der Waals surface area contributed by atoms with E-state index in [0.717, 1.165) is 53.8 Å². The summed E-state index contributed by atoms with van der Waals surface area (Å²) in [6.45, 7) is 2.49. The van der Waals surface area contributed by atoms with Crippen molar-refractivity contribution in [2.75, 3.05) is 5.32 Å². The number of para-hydroxylation sites is 1. The van der Waals surface area contributed by atoms with Crippen molar-refractivity contribution in [2.45, 2.75) is 45.2 Å². The minimum Gasteiger partial charge on any atom is -0.340 e. The highest BCUT2D eigenvalue weighted by Crippen LogP contribution is 2.33. The molecule has 1 fully saturated rings. The van der Waals surface area contributed by atoms with Crippen molar-refractivity contribution < 1.29 is 0 Å². The Bertz CT molecular complexity index is 1380. The zero-order valence-electron chi connectivity index (χ0n) is 18.3. The lowest BCUT2D eigenvalue weighted by Gasteiger charge is -2.16. The molecule has 0 saturated heterocycles. The van der Waals surface area contributed by atoms with Crippen molar-refractivity contribution in [3.63, 3.8) is 0 Å². The van der Waals surface area contributed by atoms with E-state index in [1.165, 1.54) is 0 Å². The number of rotatable bonds is 5. The number of aryl methyl sites for hydroxylation is 1. The molecular formula is C24H26N6OS. The Morgan fingerprint density at radius 2 is 1.88 bits per heavy atom. The van der Waals surface area contributed by atoms with E-state index < -0.39 is 0 Å². The molecule has 0 aliphatic heterocycles. The van der Waals surface area contributed by atoms with Crippen LogP contribution in [0.3, 0.4) is 0 Å². The lowest BCUT2D eigenvalue weighted by Crippen LogP contribution is -2.32. The molecule has 32 heavy (non-hydrogen) atoms. The van der Waals surface area contributed by atoms with E-state index in [1.54, 1.807) is 11.6 Å². The van der Waals surface area contributed by atoms with Gasteiger partial charge in [0.15, 0.2) is 5.65 Å². The predicted molar refractivity (Wildman–Crippen MR) is 129 cm³/mol. The first kappa shape index (κ1) is 20.6. The maximum atomic E-state index is 13.2. The summed E-state index contributed by atoms with van der Waals surface area (Å²) in [5.41, 5.74) is 3.50. The summed E-state index contributed by atoms with van der Waals surface area (Å²) in [5, 5.41) is 9.26. The number of anilines is 2. The largest absolute Gasteiger partial charge is 0.340 e. The van der Waals surface area contributed by atoms with E-state index in [1.807, 2.05) is 58.8 Å². The van der Waals surface area contributed by atoms with Gasteiger partial charge >= 0.3 is 5.69 Å². The minimum absolute atomic E-state index is 0.0951. The molecule has 5 rings (SSSR count). The highest BCUT2D eigenvalue weighted by molar-refractivity contribution is 7.71. The fourth-order valence-electron chi connectivity index (χ4n) is 4.48. The van der Waals surface area contributed by atoms with Gasteiger partial charge in [-0.3, -0.25) is 14.1 Å². The molecule has 8 heteroatoms. The third-order valence-corrected chi connectivity index (χ3v) is 6.68. The second kappa shape index (κ2) is 8.35. The Morgan fingerprint density at radius 3 is 2.56 bits per heavy atom. The second-order valence-electron chi connectivity index (χ2n) is 8.46. The molecule has 0 atom stereocenters. The van der Waals surface area contributed by atoms with Crippen molar-refractivity contribution in [3.8, 4) is 0 Å². The van der Waals surface area contributed by atoms with Crippen LogP contribution >= 0.6 is 12.2 Å². The van der Waals surface area contributed by atoms with Crippen molar-refractivity contribution >= 4 is 34.8 Å². The molecule has 1 N–H and O–H groups in total. The van der Waals surface area contributed by atoms with Crippen LogP contribution in [0, 0.1) is 11.6 Å². The molecule has 1 aliphatic carbocycles. The molecule has 1 aromatic carbocycles. The lowest BCUT2D eigenvalue weighted by atomic mass is 10.2. The van der Waals surface area contributed by atoms with E-state index in [-0.39, 0.29) is 11.7 Å². The Labute approximate surface area is 191 Å². The summed E-state index contributed by atoms with van der Waals surface area (Å²) in [6.07, 6.45) is 6.10. The summed E-state index contributed by atoms with van der Waals surface area (Å²) in [7, 11) is 1.75. The summed E-state index contributed by atoms with van der Waals surface area (Å²) in [6, 6.07) is 14.2. The number of hydrogen-bond acceptors (Lipinski definition) is 5. The maximum Gasteiger partial charge on any atom is 0.330 e. The van der Waals surface area contributed by atoms with Gasteiger partial charge in [0.05, 0.1) is 11.9 Å². The van der Waals surface area contributed by atoms with Gasteiger partial charge in [0.25, 0.3) is 0 Å². The van der Waals surface area contributed by atoms with Gasteiger partial charge in [0.1, 0.15) is 10.5 Å². The molecule has 4 aromatic rings.